The second-order valence-electron chi connectivity index (χ2n) is 8.38. The molecule has 3 aromatic carbocycles. The van der Waals surface area contributed by atoms with E-state index in [2.05, 4.69) is 5.32 Å². The third kappa shape index (κ3) is 5.05. The van der Waals surface area contributed by atoms with E-state index in [0.717, 1.165) is 16.7 Å². The number of hydrogen-bond donors (Lipinski definition) is 1. The molecule has 0 aromatic heterocycles. The van der Waals surface area contributed by atoms with Crippen molar-refractivity contribution in [2.45, 2.75) is 36.5 Å². The second-order valence-corrected chi connectivity index (χ2v) is 9.80. The maximum absolute atomic E-state index is 13.8. The first kappa shape index (κ1) is 24.8. The molecule has 0 radical (unpaired) electrons. The number of nitrogens with one attached hydrogen (secondary N) is 1. The van der Waals surface area contributed by atoms with Gasteiger partial charge in [0, 0.05) is 19.8 Å². The van der Waals surface area contributed by atoms with Crippen molar-refractivity contribution in [3.63, 3.8) is 0 Å². The zero-order chi connectivity index (χ0) is 25.1. The lowest BCUT2D eigenvalue weighted by atomic mass is 10.0. The molecule has 3 aromatic rings. The van der Waals surface area contributed by atoms with E-state index in [1.165, 1.54) is 14.2 Å². The van der Waals surface area contributed by atoms with Gasteiger partial charge in [0.15, 0.2) is 6.29 Å². The third-order valence-corrected chi connectivity index (χ3v) is 7.56. The predicted molar refractivity (Wildman–Crippen MR) is 134 cm³/mol. The van der Waals surface area contributed by atoms with Crippen molar-refractivity contribution in [2.75, 3.05) is 25.7 Å². The summed E-state index contributed by atoms with van der Waals surface area (Å²) >= 11 is 0. The minimum absolute atomic E-state index is 0.158. The van der Waals surface area contributed by atoms with Gasteiger partial charge in [-0.15, -0.1) is 0 Å². The number of carbonyl (C=O) groups excluding carboxylic acids is 2. The molecule has 0 spiro atoms. The smallest absolute Gasteiger partial charge is 0.259 e. The largest absolute Gasteiger partial charge is 0.354 e. The molecule has 0 unspecified atom stereocenters. The number of fused-ring (bicyclic) bond motifs is 2. The van der Waals surface area contributed by atoms with Gasteiger partial charge in [-0.1, -0.05) is 35.9 Å². The van der Waals surface area contributed by atoms with E-state index < -0.39 is 17.1 Å². The molecule has 0 saturated heterocycles. The molecule has 7 nitrogen and oxygen atoms in total. The second kappa shape index (κ2) is 10.5. The van der Waals surface area contributed by atoms with Crippen LogP contribution in [0.4, 0.5) is 5.69 Å². The Bertz CT molecular complexity index is 1300. The van der Waals surface area contributed by atoms with Crippen LogP contribution in [-0.4, -0.2) is 43.1 Å². The first-order chi connectivity index (χ1) is 16.8. The summed E-state index contributed by atoms with van der Waals surface area (Å²) in [6.07, 6.45) is -0.579. The van der Waals surface area contributed by atoms with Gasteiger partial charge >= 0.3 is 0 Å². The molecule has 8 heteroatoms. The highest BCUT2D eigenvalue weighted by Crippen LogP contribution is 2.36. The lowest BCUT2D eigenvalue weighted by molar-refractivity contribution is -0.0974. The molecule has 182 valence electrons. The number of hydrogen-bond acceptors (Lipinski definition) is 5. The Balaban J connectivity index is 1.79. The topological polar surface area (TPSA) is 84.9 Å². The molecule has 0 bridgehead atoms. The van der Waals surface area contributed by atoms with Crippen molar-refractivity contribution in [3.8, 4) is 0 Å². The highest BCUT2D eigenvalue weighted by Gasteiger charge is 2.31. The van der Waals surface area contributed by atoms with Gasteiger partial charge in [-0.05, 0) is 55.3 Å². The van der Waals surface area contributed by atoms with Gasteiger partial charge < -0.3 is 19.7 Å². The molecule has 0 aliphatic carbocycles. The van der Waals surface area contributed by atoms with Crippen LogP contribution in [0, 0.1) is 13.8 Å². The van der Waals surface area contributed by atoms with Crippen LogP contribution < -0.4 is 10.2 Å². The van der Waals surface area contributed by atoms with E-state index in [0.29, 0.717) is 26.6 Å². The summed E-state index contributed by atoms with van der Waals surface area (Å²) in [5, 5.41) is 2.78. The number of nitrogens with zero attached hydrogens (tertiary/aromatic N) is 1. The van der Waals surface area contributed by atoms with Crippen LogP contribution in [0.5, 0.6) is 0 Å². The fourth-order valence-corrected chi connectivity index (χ4v) is 5.39. The number of carbonyl (C=O) groups is 2. The van der Waals surface area contributed by atoms with E-state index in [4.69, 9.17) is 9.47 Å². The first-order valence-corrected chi connectivity index (χ1v) is 12.4. The summed E-state index contributed by atoms with van der Waals surface area (Å²) in [5.41, 5.74) is 4.29. The van der Waals surface area contributed by atoms with Crippen molar-refractivity contribution >= 4 is 28.3 Å². The molecule has 35 heavy (non-hydrogen) atoms. The van der Waals surface area contributed by atoms with Crippen LogP contribution in [0.1, 0.15) is 37.4 Å². The molecular weight excluding hydrogens is 464 g/mol. The highest BCUT2D eigenvalue weighted by atomic mass is 32.2. The van der Waals surface area contributed by atoms with Crippen molar-refractivity contribution < 1.29 is 23.3 Å². The van der Waals surface area contributed by atoms with E-state index in [-0.39, 0.29) is 24.9 Å². The minimum atomic E-state index is -1.59. The molecule has 1 N–H and O–H groups in total. The fraction of sp³-hybridized carbons (Fsp3) is 0.259. The van der Waals surface area contributed by atoms with Crippen LogP contribution in [-0.2, 0) is 26.8 Å². The Labute approximate surface area is 207 Å². The lowest BCUT2D eigenvalue weighted by Gasteiger charge is -2.25. The summed E-state index contributed by atoms with van der Waals surface area (Å²) in [5.74, 6) is -0.608. The standard InChI is InChI=1S/C27H28N2O5S/c1-17-9-10-18(2)20(13-17)16-29-22-14-19(26(30)28-15-25(33-3)34-4)11-12-24(22)35(32)23-8-6-5-7-21(23)27(29)31/h5-14,25H,15-16H2,1-4H3,(H,28,30)/t35-/m1/s1. The Hall–Kier alpha value is -3.33. The van der Waals surface area contributed by atoms with Crippen molar-refractivity contribution in [1.29, 1.82) is 0 Å². The Morgan fingerprint density at radius 3 is 2.49 bits per heavy atom. The van der Waals surface area contributed by atoms with Gasteiger partial charge in [0.05, 0.1) is 44.9 Å². The first-order valence-electron chi connectivity index (χ1n) is 11.2. The van der Waals surface area contributed by atoms with Gasteiger partial charge in [-0.25, -0.2) is 4.21 Å². The van der Waals surface area contributed by atoms with Gasteiger partial charge in [0.1, 0.15) is 0 Å². The van der Waals surface area contributed by atoms with Crippen LogP contribution in [0.3, 0.4) is 0 Å². The zero-order valence-corrected chi connectivity index (χ0v) is 21.0. The molecule has 4 rings (SSSR count). The summed E-state index contributed by atoms with van der Waals surface area (Å²) < 4.78 is 23.8. The number of benzene rings is 3. The number of methoxy groups -OCH3 is 2. The lowest BCUT2D eigenvalue weighted by Crippen LogP contribution is -2.34. The zero-order valence-electron chi connectivity index (χ0n) is 20.2. The van der Waals surface area contributed by atoms with Crippen molar-refractivity contribution in [1.82, 2.24) is 5.32 Å². The van der Waals surface area contributed by atoms with Crippen LogP contribution in [0.2, 0.25) is 0 Å². The number of rotatable bonds is 7. The Kier molecular flexibility index (Phi) is 7.45. The number of amides is 2. The Morgan fingerprint density at radius 1 is 1.00 bits per heavy atom. The number of anilines is 1. The summed E-state index contributed by atoms with van der Waals surface area (Å²) in [7, 11) is 1.40. The predicted octanol–water partition coefficient (Wildman–Crippen LogP) is 3.98. The van der Waals surface area contributed by atoms with Gasteiger partial charge in [-0.2, -0.15) is 0 Å². The molecule has 0 fully saturated rings. The minimum Gasteiger partial charge on any atom is -0.354 e. The molecule has 2 amide bonds. The monoisotopic (exact) mass is 492 g/mol. The molecule has 1 heterocycles. The number of ether oxygens (including phenoxy) is 2. The van der Waals surface area contributed by atoms with Crippen molar-refractivity contribution in [2.24, 2.45) is 0 Å². The summed E-state index contributed by atoms with van der Waals surface area (Å²) in [6, 6.07) is 17.9. The summed E-state index contributed by atoms with van der Waals surface area (Å²) in [6.45, 7) is 4.44. The third-order valence-electron chi connectivity index (χ3n) is 6.06. The SMILES string of the molecule is COC(CNC(=O)c1ccc2c(c1)N(Cc1cc(C)ccc1C)C(=O)c1ccccc1[S@]2=O)OC. The molecule has 1 aliphatic heterocycles. The normalized spacial score (nSPS) is 14.9. The quantitative estimate of drug-likeness (QED) is 0.505. The van der Waals surface area contributed by atoms with Crippen LogP contribution in [0.15, 0.2) is 70.5 Å². The van der Waals surface area contributed by atoms with Crippen molar-refractivity contribution in [3.05, 3.63) is 88.5 Å². The van der Waals surface area contributed by atoms with Crippen LogP contribution >= 0.6 is 0 Å². The maximum Gasteiger partial charge on any atom is 0.259 e. The van der Waals surface area contributed by atoms with E-state index in [1.54, 1.807) is 47.4 Å². The van der Waals surface area contributed by atoms with E-state index in [1.807, 2.05) is 32.0 Å². The van der Waals surface area contributed by atoms with Gasteiger partial charge in [-0.3, -0.25) is 9.59 Å². The highest BCUT2D eigenvalue weighted by molar-refractivity contribution is 7.85. The van der Waals surface area contributed by atoms with E-state index in [9.17, 15) is 13.8 Å². The molecular formula is C27H28N2O5S. The summed E-state index contributed by atoms with van der Waals surface area (Å²) in [4.78, 5) is 29.2. The maximum atomic E-state index is 13.8. The fourth-order valence-electron chi connectivity index (χ4n) is 4.04. The molecule has 1 atom stereocenters. The Morgan fingerprint density at radius 2 is 1.74 bits per heavy atom. The average Bonchev–Trinajstić information content (AvgIpc) is 2.96. The molecule has 1 aliphatic rings. The van der Waals surface area contributed by atoms with E-state index >= 15 is 0 Å². The van der Waals surface area contributed by atoms with Gasteiger partial charge in [0.25, 0.3) is 11.8 Å². The molecule has 0 saturated carbocycles. The van der Waals surface area contributed by atoms with Crippen LogP contribution in [0.25, 0.3) is 0 Å². The number of aryl methyl sites for hydroxylation is 2. The average molecular weight is 493 g/mol. The van der Waals surface area contributed by atoms with Gasteiger partial charge in [0.2, 0.25) is 0 Å².